The van der Waals surface area contributed by atoms with Crippen molar-refractivity contribution in [2.24, 2.45) is 0 Å². The van der Waals surface area contributed by atoms with Crippen LogP contribution >= 0.6 is 0 Å². The van der Waals surface area contributed by atoms with Gasteiger partial charge in [0.1, 0.15) is 0 Å². The Morgan fingerprint density at radius 3 is 0.854 bits per heavy atom. The van der Waals surface area contributed by atoms with Crippen molar-refractivity contribution in [2.45, 2.75) is 206 Å². The molecule has 0 saturated heterocycles. The van der Waals surface area contributed by atoms with Gasteiger partial charge in [0.05, 0.1) is 0 Å². The Morgan fingerprint density at radius 1 is 0.390 bits per heavy atom. The maximum absolute atomic E-state index is 10.3. The van der Waals surface area contributed by atoms with Crippen molar-refractivity contribution in [3.05, 3.63) is 12.2 Å². The molecule has 0 rings (SSSR count). The summed E-state index contributed by atoms with van der Waals surface area (Å²) in [5.74, 6) is -1.32. The van der Waals surface area contributed by atoms with Gasteiger partial charge in [-0.15, -0.1) is 0 Å². The summed E-state index contributed by atoms with van der Waals surface area (Å²) in [6, 6.07) is 0. The van der Waals surface area contributed by atoms with Gasteiger partial charge < -0.3 is 10.2 Å². The molecule has 0 aromatic carbocycles. The number of carboxylic acids is 2. The summed E-state index contributed by atoms with van der Waals surface area (Å²) in [5, 5.41) is 17.0. The third kappa shape index (κ3) is 49.7. The van der Waals surface area contributed by atoms with Crippen LogP contribution in [0, 0.1) is 0 Å². The Balaban J connectivity index is -0.000000688. The Kier molecular flexibility index (Phi) is 46.0. The van der Waals surface area contributed by atoms with Crippen LogP contribution in [-0.2, 0) is 9.59 Å². The maximum atomic E-state index is 10.3. The second-order valence-corrected chi connectivity index (χ2v) is 11.8. The van der Waals surface area contributed by atoms with Crippen molar-refractivity contribution in [3.63, 3.8) is 0 Å². The van der Waals surface area contributed by atoms with Crippen LogP contribution in [0.15, 0.2) is 12.2 Å². The first-order valence-electron chi connectivity index (χ1n) is 17.6. The number of carbonyl (C=O) groups is 2. The quantitative estimate of drug-likeness (QED) is 0.0478. The number of hydrogen-bond donors (Lipinski definition) is 2. The zero-order chi connectivity index (χ0) is 29.8. The molecule has 240 valence electrons. The van der Waals surface area contributed by atoms with Crippen LogP contribution < -0.4 is 0 Å². The van der Waals surface area contributed by atoms with E-state index in [0.717, 1.165) is 25.7 Å². The van der Waals surface area contributed by atoms with E-state index in [4.69, 9.17) is 10.2 Å². The van der Waals surface area contributed by atoms with Gasteiger partial charge in [0.25, 0.3) is 0 Å². The standard InChI is InChI=1S/C18H36O2.C18H34O2.Na.H/c2*1-2-3-4-5-6-7-8-9-10-11-12-13-14-15-16-17-18(19)20;;/h2-17H2,1H3,(H,19,20);9-10H,2-8,11-17H2,1H3,(H,19,20);;/b;10-9-;;. The predicted molar refractivity (Wildman–Crippen MR) is 181 cm³/mol. The molecule has 0 unspecified atom stereocenters. The topological polar surface area (TPSA) is 74.6 Å². The molecule has 0 atom stereocenters. The van der Waals surface area contributed by atoms with Crippen LogP contribution in [0.4, 0.5) is 0 Å². The van der Waals surface area contributed by atoms with E-state index in [1.165, 1.54) is 154 Å². The Morgan fingerprint density at radius 2 is 0.610 bits per heavy atom. The van der Waals surface area contributed by atoms with E-state index in [1.807, 2.05) is 0 Å². The number of rotatable bonds is 31. The summed E-state index contributed by atoms with van der Waals surface area (Å²) in [6.07, 6.45) is 41.4. The number of carboxylic acid groups (broad SMARTS) is 2. The molecule has 0 bridgehead atoms. The van der Waals surface area contributed by atoms with Crippen LogP contribution in [0.1, 0.15) is 206 Å². The second-order valence-electron chi connectivity index (χ2n) is 11.8. The van der Waals surface area contributed by atoms with Gasteiger partial charge in [-0.05, 0) is 38.5 Å². The van der Waals surface area contributed by atoms with Gasteiger partial charge in [0, 0.05) is 12.8 Å². The molecular formula is C36H71NaO4. The van der Waals surface area contributed by atoms with Gasteiger partial charge >= 0.3 is 41.5 Å². The molecular weight excluding hydrogens is 519 g/mol. The van der Waals surface area contributed by atoms with Crippen molar-refractivity contribution >= 4 is 41.5 Å². The van der Waals surface area contributed by atoms with E-state index < -0.39 is 11.9 Å². The fourth-order valence-electron chi connectivity index (χ4n) is 4.99. The van der Waals surface area contributed by atoms with Gasteiger partial charge in [-0.1, -0.05) is 167 Å². The summed E-state index contributed by atoms with van der Waals surface area (Å²) in [4.78, 5) is 20.7. The van der Waals surface area contributed by atoms with Crippen LogP contribution in [-0.4, -0.2) is 51.7 Å². The number of allylic oxidation sites excluding steroid dienone is 2. The van der Waals surface area contributed by atoms with Crippen molar-refractivity contribution in [2.75, 3.05) is 0 Å². The van der Waals surface area contributed by atoms with Crippen LogP contribution in [0.3, 0.4) is 0 Å². The molecule has 0 saturated carbocycles. The monoisotopic (exact) mass is 591 g/mol. The molecule has 0 aromatic rings. The fraction of sp³-hybridized carbons (Fsp3) is 0.889. The van der Waals surface area contributed by atoms with Crippen molar-refractivity contribution < 1.29 is 19.8 Å². The molecule has 2 N–H and O–H groups in total. The minimum atomic E-state index is -0.664. The average molecular weight is 591 g/mol. The zero-order valence-corrected chi connectivity index (χ0v) is 27.1. The summed E-state index contributed by atoms with van der Waals surface area (Å²) in [7, 11) is 0. The van der Waals surface area contributed by atoms with E-state index in [-0.39, 0.29) is 29.6 Å². The van der Waals surface area contributed by atoms with Crippen molar-refractivity contribution in [3.8, 4) is 0 Å². The van der Waals surface area contributed by atoms with E-state index in [1.54, 1.807) is 0 Å². The van der Waals surface area contributed by atoms with Crippen LogP contribution in [0.5, 0.6) is 0 Å². The summed E-state index contributed by atoms with van der Waals surface area (Å²) >= 11 is 0. The summed E-state index contributed by atoms with van der Waals surface area (Å²) < 4.78 is 0. The predicted octanol–water partition coefficient (Wildman–Crippen LogP) is 11.8. The molecule has 0 aliphatic heterocycles. The molecule has 0 spiro atoms. The van der Waals surface area contributed by atoms with E-state index >= 15 is 0 Å². The van der Waals surface area contributed by atoms with E-state index in [0.29, 0.717) is 12.8 Å². The molecule has 4 nitrogen and oxygen atoms in total. The molecule has 0 fully saturated rings. The minimum absolute atomic E-state index is 0. The van der Waals surface area contributed by atoms with Crippen LogP contribution in [0.2, 0.25) is 0 Å². The summed E-state index contributed by atoms with van der Waals surface area (Å²) in [6.45, 7) is 4.53. The van der Waals surface area contributed by atoms with E-state index in [9.17, 15) is 9.59 Å². The number of aliphatic carboxylic acids is 2. The van der Waals surface area contributed by atoms with Gasteiger partial charge in [-0.3, -0.25) is 9.59 Å². The molecule has 0 aromatic heterocycles. The van der Waals surface area contributed by atoms with Gasteiger partial charge in [-0.25, -0.2) is 0 Å². The molecule has 0 heterocycles. The van der Waals surface area contributed by atoms with Gasteiger partial charge in [0.2, 0.25) is 0 Å². The third-order valence-corrected chi connectivity index (χ3v) is 7.65. The first-order valence-corrected chi connectivity index (χ1v) is 17.6. The Bertz CT molecular complexity index is 536. The number of hydrogen-bond acceptors (Lipinski definition) is 2. The molecule has 0 radical (unpaired) electrons. The fourth-order valence-corrected chi connectivity index (χ4v) is 4.99. The van der Waals surface area contributed by atoms with Gasteiger partial charge in [0.15, 0.2) is 0 Å². The molecule has 5 heteroatoms. The molecule has 0 aliphatic carbocycles. The van der Waals surface area contributed by atoms with E-state index in [2.05, 4.69) is 26.0 Å². The average Bonchev–Trinajstić information content (AvgIpc) is 2.93. The zero-order valence-electron chi connectivity index (χ0n) is 27.1. The Hall–Kier alpha value is -0.320. The molecule has 0 amide bonds. The van der Waals surface area contributed by atoms with Crippen molar-refractivity contribution in [1.29, 1.82) is 0 Å². The molecule has 0 aliphatic rings. The Labute approximate surface area is 278 Å². The normalized spacial score (nSPS) is 10.8. The van der Waals surface area contributed by atoms with Crippen molar-refractivity contribution in [1.82, 2.24) is 0 Å². The first-order chi connectivity index (χ1) is 19.5. The molecule has 41 heavy (non-hydrogen) atoms. The summed E-state index contributed by atoms with van der Waals surface area (Å²) in [5.41, 5.74) is 0. The number of unbranched alkanes of at least 4 members (excludes halogenated alkanes) is 25. The van der Waals surface area contributed by atoms with Gasteiger partial charge in [-0.2, -0.15) is 0 Å². The SMILES string of the molecule is CCCCCCCC/C=C\CCCCCCCC(=O)O.CCCCCCCCCCCCCCCCCC(=O)O.[NaH]. The second kappa shape index (κ2) is 41.8. The first kappa shape index (κ1) is 45.1. The third-order valence-electron chi connectivity index (χ3n) is 7.65. The van der Waals surface area contributed by atoms with Crippen LogP contribution in [0.25, 0.3) is 0 Å².